The molecule has 0 saturated carbocycles. The molecule has 4 unspecified atom stereocenters. The number of likely N-dealkylation sites (tertiary alicyclic amines) is 2. The van der Waals surface area contributed by atoms with Gasteiger partial charge < -0.3 is 24.8 Å². The zero-order chi connectivity index (χ0) is 26.5. The highest BCUT2D eigenvalue weighted by Gasteiger charge is 2.54. The monoisotopic (exact) mass is 503 g/mol. The molecule has 36 heavy (non-hydrogen) atoms. The average Bonchev–Trinajstić information content (AvgIpc) is 3.48. The summed E-state index contributed by atoms with van der Waals surface area (Å²) in [5.74, 6) is -0.794. The number of hydrogen-bond acceptors (Lipinski definition) is 6. The highest BCUT2D eigenvalue weighted by Crippen LogP contribution is 2.36. The fourth-order valence-electron chi connectivity index (χ4n) is 4.92. The SMILES string of the molecule is CC(OCc1ccccc1)C(NC(=O)C1(CO)CCC(C)N1C(=O)OC(C)(C)C)C(=O)N1CCCC1. The molecule has 0 bridgehead atoms. The van der Waals surface area contributed by atoms with Crippen LogP contribution in [-0.2, 0) is 25.7 Å². The molecule has 0 spiro atoms. The minimum Gasteiger partial charge on any atom is -0.444 e. The van der Waals surface area contributed by atoms with Gasteiger partial charge in [-0.05, 0) is 65.9 Å². The molecule has 2 fully saturated rings. The largest absolute Gasteiger partial charge is 0.444 e. The Kier molecular flexibility index (Phi) is 9.00. The van der Waals surface area contributed by atoms with E-state index in [1.165, 1.54) is 4.90 Å². The van der Waals surface area contributed by atoms with Crippen LogP contribution in [0.15, 0.2) is 30.3 Å². The molecule has 2 saturated heterocycles. The molecular weight excluding hydrogens is 462 g/mol. The standard InChI is InChI=1S/C27H41N3O6/c1-19-13-14-27(18-31,30(19)25(34)36-26(3,4)5)24(33)28-22(23(32)29-15-9-10-16-29)20(2)35-17-21-11-7-6-8-12-21/h6-8,11-12,19-20,22,31H,9-10,13-18H2,1-5H3,(H,28,33). The second-order valence-electron chi connectivity index (χ2n) is 10.9. The van der Waals surface area contributed by atoms with Crippen LogP contribution >= 0.6 is 0 Å². The van der Waals surface area contributed by atoms with Gasteiger partial charge in [0.25, 0.3) is 0 Å². The van der Waals surface area contributed by atoms with Crippen molar-refractivity contribution in [2.45, 2.75) is 96.2 Å². The first-order chi connectivity index (χ1) is 17.0. The fraction of sp³-hybridized carbons (Fsp3) is 0.667. The maximum absolute atomic E-state index is 13.8. The molecule has 3 rings (SSSR count). The molecule has 9 heteroatoms. The lowest BCUT2D eigenvalue weighted by molar-refractivity contribution is -0.145. The number of amides is 3. The molecule has 200 valence electrons. The predicted molar refractivity (Wildman–Crippen MR) is 135 cm³/mol. The Bertz CT molecular complexity index is 912. The third-order valence-corrected chi connectivity index (χ3v) is 6.95. The van der Waals surface area contributed by atoms with Crippen LogP contribution in [0.5, 0.6) is 0 Å². The van der Waals surface area contributed by atoms with E-state index in [1.54, 1.807) is 32.6 Å². The van der Waals surface area contributed by atoms with Crippen molar-refractivity contribution in [2.75, 3.05) is 19.7 Å². The van der Waals surface area contributed by atoms with Crippen molar-refractivity contribution < 1.29 is 29.0 Å². The summed E-state index contributed by atoms with van der Waals surface area (Å²) in [6.07, 6.45) is 1.32. The van der Waals surface area contributed by atoms with Crippen molar-refractivity contribution in [3.8, 4) is 0 Å². The van der Waals surface area contributed by atoms with Gasteiger partial charge >= 0.3 is 6.09 Å². The quantitative estimate of drug-likeness (QED) is 0.565. The molecular formula is C27H41N3O6. The van der Waals surface area contributed by atoms with E-state index in [0.29, 0.717) is 19.5 Å². The minimum absolute atomic E-state index is 0.218. The Morgan fingerprint density at radius 3 is 2.39 bits per heavy atom. The predicted octanol–water partition coefficient (Wildman–Crippen LogP) is 2.85. The number of aliphatic hydroxyl groups is 1. The van der Waals surface area contributed by atoms with Crippen LogP contribution in [0.1, 0.15) is 65.9 Å². The average molecular weight is 504 g/mol. The fourth-order valence-corrected chi connectivity index (χ4v) is 4.92. The van der Waals surface area contributed by atoms with E-state index in [0.717, 1.165) is 18.4 Å². The number of carbonyl (C=O) groups excluding carboxylic acids is 3. The molecule has 2 aliphatic rings. The first kappa shape index (κ1) is 27.9. The van der Waals surface area contributed by atoms with Crippen molar-refractivity contribution in [1.82, 2.24) is 15.1 Å². The summed E-state index contributed by atoms with van der Waals surface area (Å²) in [6.45, 7) is 9.81. The van der Waals surface area contributed by atoms with Gasteiger partial charge in [0.1, 0.15) is 17.2 Å². The highest BCUT2D eigenvalue weighted by atomic mass is 16.6. The Balaban J connectivity index is 1.83. The number of ether oxygens (including phenoxy) is 2. The number of aliphatic hydroxyl groups excluding tert-OH is 1. The second-order valence-corrected chi connectivity index (χ2v) is 10.9. The molecule has 0 aromatic heterocycles. The van der Waals surface area contributed by atoms with Crippen molar-refractivity contribution in [3.05, 3.63) is 35.9 Å². The van der Waals surface area contributed by atoms with Crippen LogP contribution in [-0.4, -0.2) is 81.8 Å². The molecule has 2 aliphatic heterocycles. The Morgan fingerprint density at radius 2 is 1.81 bits per heavy atom. The van der Waals surface area contributed by atoms with Crippen LogP contribution in [0, 0.1) is 0 Å². The summed E-state index contributed by atoms with van der Waals surface area (Å²) >= 11 is 0. The van der Waals surface area contributed by atoms with Crippen molar-refractivity contribution in [1.29, 1.82) is 0 Å². The molecule has 1 aromatic carbocycles. The third-order valence-electron chi connectivity index (χ3n) is 6.95. The lowest BCUT2D eigenvalue weighted by Gasteiger charge is -2.40. The molecule has 1 aromatic rings. The van der Waals surface area contributed by atoms with E-state index in [-0.39, 0.29) is 25.0 Å². The molecule has 3 amide bonds. The molecule has 2 heterocycles. The number of nitrogens with zero attached hydrogens (tertiary/aromatic N) is 2. The van der Waals surface area contributed by atoms with Crippen LogP contribution in [0.3, 0.4) is 0 Å². The van der Waals surface area contributed by atoms with Crippen molar-refractivity contribution in [3.63, 3.8) is 0 Å². The van der Waals surface area contributed by atoms with Gasteiger partial charge in [-0.15, -0.1) is 0 Å². The van der Waals surface area contributed by atoms with Crippen LogP contribution in [0.25, 0.3) is 0 Å². The van der Waals surface area contributed by atoms with Gasteiger partial charge in [0.05, 0.1) is 19.3 Å². The Labute approximate surface area is 214 Å². The van der Waals surface area contributed by atoms with Gasteiger partial charge in [-0.3, -0.25) is 14.5 Å². The number of rotatable bonds is 8. The van der Waals surface area contributed by atoms with Gasteiger partial charge in [-0.1, -0.05) is 30.3 Å². The van der Waals surface area contributed by atoms with Crippen LogP contribution in [0.2, 0.25) is 0 Å². The highest BCUT2D eigenvalue weighted by molar-refractivity contribution is 5.95. The number of hydrogen-bond donors (Lipinski definition) is 2. The zero-order valence-corrected chi connectivity index (χ0v) is 22.2. The minimum atomic E-state index is -1.52. The Morgan fingerprint density at radius 1 is 1.17 bits per heavy atom. The smallest absolute Gasteiger partial charge is 0.411 e. The zero-order valence-electron chi connectivity index (χ0n) is 22.2. The molecule has 9 nitrogen and oxygen atoms in total. The lowest BCUT2D eigenvalue weighted by atomic mass is 9.95. The van der Waals surface area contributed by atoms with Gasteiger partial charge in [0, 0.05) is 19.1 Å². The Hall–Kier alpha value is -2.65. The summed E-state index contributed by atoms with van der Waals surface area (Å²) in [4.78, 5) is 43.4. The summed E-state index contributed by atoms with van der Waals surface area (Å²) in [5.41, 5.74) is -1.33. The summed E-state index contributed by atoms with van der Waals surface area (Å²) in [5, 5.41) is 13.3. The topological polar surface area (TPSA) is 108 Å². The normalized spacial score (nSPS) is 23.9. The van der Waals surface area contributed by atoms with E-state index in [9.17, 15) is 19.5 Å². The maximum atomic E-state index is 13.8. The van der Waals surface area contributed by atoms with Crippen LogP contribution in [0.4, 0.5) is 4.79 Å². The van der Waals surface area contributed by atoms with Gasteiger partial charge in [-0.2, -0.15) is 0 Å². The number of benzene rings is 1. The van der Waals surface area contributed by atoms with Crippen molar-refractivity contribution in [2.24, 2.45) is 0 Å². The first-order valence-corrected chi connectivity index (χ1v) is 12.9. The molecule has 0 aliphatic carbocycles. The number of nitrogens with one attached hydrogen (secondary N) is 1. The van der Waals surface area contributed by atoms with E-state index in [2.05, 4.69) is 5.32 Å². The van der Waals surface area contributed by atoms with Gasteiger partial charge in [0.2, 0.25) is 11.8 Å². The first-order valence-electron chi connectivity index (χ1n) is 12.9. The van der Waals surface area contributed by atoms with Crippen molar-refractivity contribution >= 4 is 17.9 Å². The van der Waals surface area contributed by atoms with E-state index < -0.39 is 41.9 Å². The molecule has 2 N–H and O–H groups in total. The maximum Gasteiger partial charge on any atom is 0.411 e. The van der Waals surface area contributed by atoms with E-state index in [1.807, 2.05) is 37.3 Å². The molecule has 4 atom stereocenters. The van der Waals surface area contributed by atoms with E-state index >= 15 is 0 Å². The second kappa shape index (κ2) is 11.6. The van der Waals surface area contributed by atoms with Gasteiger partial charge in [0.15, 0.2) is 0 Å². The van der Waals surface area contributed by atoms with E-state index in [4.69, 9.17) is 9.47 Å². The lowest BCUT2D eigenvalue weighted by Crippen LogP contribution is -2.65. The summed E-state index contributed by atoms with van der Waals surface area (Å²) in [7, 11) is 0. The van der Waals surface area contributed by atoms with Crippen LogP contribution < -0.4 is 5.32 Å². The summed E-state index contributed by atoms with van der Waals surface area (Å²) < 4.78 is 11.6. The number of carbonyl (C=O) groups is 3. The molecule has 0 radical (unpaired) electrons. The van der Waals surface area contributed by atoms with Gasteiger partial charge in [-0.25, -0.2) is 4.79 Å². The third kappa shape index (κ3) is 6.37. The summed E-state index contributed by atoms with van der Waals surface area (Å²) in [6, 6.07) is 8.34.